The normalized spacial score (nSPS) is 14.7. The van der Waals surface area contributed by atoms with Gasteiger partial charge in [-0.3, -0.25) is 4.79 Å². The fourth-order valence-electron chi connectivity index (χ4n) is 2.53. The van der Waals surface area contributed by atoms with Gasteiger partial charge in [0.1, 0.15) is 5.44 Å². The SMILES string of the molecule is CCCCC(CC)C(=O)SC(C)O[Si](CCC)(OCC)OCC. The molecule has 0 heterocycles. The molecule has 0 radical (unpaired) electrons. The van der Waals surface area contributed by atoms with Crippen molar-refractivity contribution in [3.8, 4) is 0 Å². The molecule has 2 atom stereocenters. The molecule has 0 rings (SSSR count). The van der Waals surface area contributed by atoms with Crippen LogP contribution in [0, 0.1) is 5.92 Å². The van der Waals surface area contributed by atoms with Gasteiger partial charge in [-0.1, -0.05) is 51.8 Å². The molecule has 0 amide bonds. The van der Waals surface area contributed by atoms with E-state index in [0.29, 0.717) is 13.2 Å². The predicted octanol–water partition coefficient (Wildman–Crippen LogP) is 5.25. The smallest absolute Gasteiger partial charge is 0.374 e. The van der Waals surface area contributed by atoms with Crippen molar-refractivity contribution < 1.29 is 18.1 Å². The van der Waals surface area contributed by atoms with Crippen LogP contribution in [0.5, 0.6) is 0 Å². The van der Waals surface area contributed by atoms with Crippen LogP contribution in [0.2, 0.25) is 6.04 Å². The number of rotatable bonds is 14. The lowest BCUT2D eigenvalue weighted by molar-refractivity contribution is -0.114. The zero-order chi connectivity index (χ0) is 17.7. The van der Waals surface area contributed by atoms with Gasteiger partial charge >= 0.3 is 8.80 Å². The number of hydrogen-bond acceptors (Lipinski definition) is 5. The second-order valence-electron chi connectivity index (χ2n) is 5.67. The van der Waals surface area contributed by atoms with Crippen LogP contribution in [-0.4, -0.2) is 32.6 Å². The van der Waals surface area contributed by atoms with Crippen LogP contribution >= 0.6 is 11.8 Å². The highest BCUT2D eigenvalue weighted by molar-refractivity contribution is 8.14. The van der Waals surface area contributed by atoms with E-state index in [-0.39, 0.29) is 16.5 Å². The third-order valence-electron chi connectivity index (χ3n) is 3.64. The highest BCUT2D eigenvalue weighted by atomic mass is 32.2. The molecule has 0 N–H and O–H groups in total. The first-order valence-corrected chi connectivity index (χ1v) is 12.0. The van der Waals surface area contributed by atoms with E-state index in [1.165, 1.54) is 11.8 Å². The van der Waals surface area contributed by atoms with E-state index in [0.717, 1.165) is 38.1 Å². The first-order valence-electron chi connectivity index (χ1n) is 9.14. The van der Waals surface area contributed by atoms with Crippen molar-refractivity contribution in [2.75, 3.05) is 13.2 Å². The Morgan fingerprint density at radius 3 is 2.09 bits per heavy atom. The summed E-state index contributed by atoms with van der Waals surface area (Å²) in [5, 5.41) is 0.237. The van der Waals surface area contributed by atoms with Crippen LogP contribution in [-0.2, 0) is 18.1 Å². The molecule has 0 aliphatic rings. The van der Waals surface area contributed by atoms with Crippen molar-refractivity contribution in [2.45, 2.75) is 85.1 Å². The minimum Gasteiger partial charge on any atom is -0.374 e. The van der Waals surface area contributed by atoms with Gasteiger partial charge in [0, 0.05) is 25.2 Å². The lowest BCUT2D eigenvalue weighted by atomic mass is 10.0. The summed E-state index contributed by atoms with van der Waals surface area (Å²) in [6, 6.07) is 0.792. The second-order valence-corrected chi connectivity index (χ2v) is 9.65. The van der Waals surface area contributed by atoms with Gasteiger partial charge in [0.25, 0.3) is 0 Å². The van der Waals surface area contributed by atoms with Crippen molar-refractivity contribution >= 4 is 25.7 Å². The summed E-state index contributed by atoms with van der Waals surface area (Å²) in [5.41, 5.74) is -0.227. The molecule has 23 heavy (non-hydrogen) atoms. The Kier molecular flexibility index (Phi) is 13.5. The molecule has 4 nitrogen and oxygen atoms in total. The van der Waals surface area contributed by atoms with Crippen molar-refractivity contribution in [3.05, 3.63) is 0 Å². The summed E-state index contributed by atoms with van der Waals surface area (Å²) in [6.07, 6.45) is 5.05. The first-order chi connectivity index (χ1) is 11.0. The standard InChI is InChI=1S/C17H36O4SSi/c1-7-12-13-16(9-3)17(18)22-15(6)21-23(14-8-2,19-10-4)20-11-5/h15-16H,7-14H2,1-6H3. The fourth-order valence-corrected chi connectivity index (χ4v) is 6.59. The van der Waals surface area contributed by atoms with Crippen molar-refractivity contribution in [1.29, 1.82) is 0 Å². The lowest BCUT2D eigenvalue weighted by Gasteiger charge is -2.31. The lowest BCUT2D eigenvalue weighted by Crippen LogP contribution is -2.47. The highest BCUT2D eigenvalue weighted by Gasteiger charge is 2.42. The predicted molar refractivity (Wildman–Crippen MR) is 101 cm³/mol. The maximum absolute atomic E-state index is 12.5. The van der Waals surface area contributed by atoms with Crippen LogP contribution in [0.3, 0.4) is 0 Å². The average Bonchev–Trinajstić information content (AvgIpc) is 2.48. The molecule has 2 unspecified atom stereocenters. The number of hydrogen-bond donors (Lipinski definition) is 0. The van der Waals surface area contributed by atoms with Gasteiger partial charge < -0.3 is 13.3 Å². The minimum atomic E-state index is -2.67. The maximum Gasteiger partial charge on any atom is 0.501 e. The van der Waals surface area contributed by atoms with Gasteiger partial charge in [-0.2, -0.15) is 0 Å². The molecule has 0 spiro atoms. The number of carbonyl (C=O) groups is 1. The minimum absolute atomic E-state index is 0.132. The Labute approximate surface area is 148 Å². The molecule has 0 aromatic carbocycles. The maximum atomic E-state index is 12.5. The summed E-state index contributed by atoms with van der Waals surface area (Å²) in [5.74, 6) is 0.132. The Hall–Kier alpha value is 0.117. The van der Waals surface area contributed by atoms with Gasteiger partial charge in [0.05, 0.1) is 0 Å². The van der Waals surface area contributed by atoms with E-state index in [4.69, 9.17) is 13.3 Å². The van der Waals surface area contributed by atoms with E-state index in [9.17, 15) is 4.79 Å². The van der Waals surface area contributed by atoms with E-state index in [2.05, 4.69) is 20.8 Å². The van der Waals surface area contributed by atoms with E-state index >= 15 is 0 Å². The molecular formula is C17H36O4SSi. The van der Waals surface area contributed by atoms with Crippen LogP contribution in [0.25, 0.3) is 0 Å². The largest absolute Gasteiger partial charge is 0.501 e. The van der Waals surface area contributed by atoms with Crippen molar-refractivity contribution in [2.24, 2.45) is 5.92 Å². The number of thioether (sulfide) groups is 1. The Morgan fingerprint density at radius 1 is 1.04 bits per heavy atom. The number of unbranched alkanes of at least 4 members (excludes halogenated alkanes) is 1. The van der Waals surface area contributed by atoms with Crippen LogP contribution in [0.1, 0.15) is 73.6 Å². The van der Waals surface area contributed by atoms with Gasteiger partial charge in [-0.25, -0.2) is 0 Å². The second kappa shape index (κ2) is 13.4. The van der Waals surface area contributed by atoms with E-state index < -0.39 is 8.80 Å². The summed E-state index contributed by atoms with van der Waals surface area (Å²) < 4.78 is 17.9. The molecule has 0 fully saturated rings. The molecule has 0 saturated heterocycles. The molecule has 138 valence electrons. The average molecular weight is 365 g/mol. The van der Waals surface area contributed by atoms with Gasteiger partial charge in [0.2, 0.25) is 0 Å². The van der Waals surface area contributed by atoms with Crippen molar-refractivity contribution in [1.82, 2.24) is 0 Å². The topological polar surface area (TPSA) is 44.8 Å². The summed E-state index contributed by atoms with van der Waals surface area (Å²) in [7, 11) is -2.67. The summed E-state index contributed by atoms with van der Waals surface area (Å²) in [6.45, 7) is 13.3. The monoisotopic (exact) mass is 364 g/mol. The van der Waals surface area contributed by atoms with E-state index in [1.807, 2.05) is 20.8 Å². The highest BCUT2D eigenvalue weighted by Crippen LogP contribution is 2.28. The molecule has 0 aromatic heterocycles. The fraction of sp³-hybridized carbons (Fsp3) is 0.941. The molecule has 0 bridgehead atoms. The molecule has 0 aliphatic heterocycles. The molecule has 0 saturated carbocycles. The zero-order valence-electron chi connectivity index (χ0n) is 15.9. The third kappa shape index (κ3) is 9.24. The summed E-state index contributed by atoms with van der Waals surface area (Å²) >= 11 is 1.30. The zero-order valence-corrected chi connectivity index (χ0v) is 17.7. The van der Waals surface area contributed by atoms with Crippen LogP contribution < -0.4 is 0 Å². The number of carbonyl (C=O) groups excluding carboxylic acids is 1. The Balaban J connectivity index is 4.71. The third-order valence-corrected chi connectivity index (χ3v) is 8.09. The van der Waals surface area contributed by atoms with Crippen molar-refractivity contribution in [3.63, 3.8) is 0 Å². The van der Waals surface area contributed by atoms with E-state index in [1.54, 1.807) is 0 Å². The van der Waals surface area contributed by atoms with Gasteiger partial charge in [-0.15, -0.1) is 0 Å². The Morgan fingerprint density at radius 2 is 1.65 bits per heavy atom. The van der Waals surface area contributed by atoms with Gasteiger partial charge in [0.15, 0.2) is 5.12 Å². The van der Waals surface area contributed by atoms with Crippen LogP contribution in [0.15, 0.2) is 0 Å². The molecule has 6 heteroatoms. The summed E-state index contributed by atoms with van der Waals surface area (Å²) in [4.78, 5) is 12.5. The first kappa shape index (κ1) is 23.1. The van der Waals surface area contributed by atoms with Crippen LogP contribution in [0.4, 0.5) is 0 Å². The molecule has 0 aromatic rings. The molecular weight excluding hydrogens is 328 g/mol. The van der Waals surface area contributed by atoms with Gasteiger partial charge in [-0.05, 0) is 33.6 Å². The quantitative estimate of drug-likeness (QED) is 0.311. The Bertz CT molecular complexity index is 298. The molecule has 0 aliphatic carbocycles.